The van der Waals surface area contributed by atoms with Gasteiger partial charge in [-0.05, 0) is 62.3 Å². The maximum atomic E-state index is 5.89. The van der Waals surface area contributed by atoms with E-state index in [0.717, 1.165) is 13.0 Å². The molecule has 2 nitrogen and oxygen atoms in total. The van der Waals surface area contributed by atoms with Crippen molar-refractivity contribution in [1.29, 1.82) is 0 Å². The lowest BCUT2D eigenvalue weighted by Crippen LogP contribution is -2.59. The Morgan fingerprint density at radius 3 is 2.80 bits per heavy atom. The van der Waals surface area contributed by atoms with Crippen molar-refractivity contribution in [2.24, 2.45) is 5.41 Å². The van der Waals surface area contributed by atoms with Gasteiger partial charge in [-0.15, -0.1) is 0 Å². The van der Waals surface area contributed by atoms with E-state index in [1.54, 1.807) is 11.1 Å². The quantitative estimate of drug-likeness (QED) is 0.869. The summed E-state index contributed by atoms with van der Waals surface area (Å²) >= 11 is 0. The van der Waals surface area contributed by atoms with E-state index in [9.17, 15) is 0 Å². The minimum absolute atomic E-state index is 0.273. The van der Waals surface area contributed by atoms with E-state index < -0.39 is 0 Å². The van der Waals surface area contributed by atoms with Gasteiger partial charge in [-0.1, -0.05) is 19.9 Å². The molecule has 3 atom stereocenters. The molecular weight excluding hydrogens is 246 g/mol. The van der Waals surface area contributed by atoms with Crippen molar-refractivity contribution in [2.75, 3.05) is 11.9 Å². The molecular formula is C18H27NO. The second-order valence-electron chi connectivity index (χ2n) is 6.57. The molecule has 0 aromatic heterocycles. The van der Waals surface area contributed by atoms with Crippen molar-refractivity contribution in [3.05, 3.63) is 29.3 Å². The van der Waals surface area contributed by atoms with E-state index in [1.807, 2.05) is 0 Å². The van der Waals surface area contributed by atoms with Crippen molar-refractivity contribution >= 4 is 5.69 Å². The van der Waals surface area contributed by atoms with Crippen LogP contribution in [-0.2, 0) is 17.6 Å². The van der Waals surface area contributed by atoms with Gasteiger partial charge < -0.3 is 10.1 Å². The summed E-state index contributed by atoms with van der Waals surface area (Å²) in [7, 11) is 0. The molecule has 3 rings (SSSR count). The van der Waals surface area contributed by atoms with Gasteiger partial charge in [-0.3, -0.25) is 0 Å². The molecule has 110 valence electrons. The Bertz CT molecular complexity index is 484. The van der Waals surface area contributed by atoms with Crippen LogP contribution in [0.5, 0.6) is 0 Å². The lowest BCUT2D eigenvalue weighted by molar-refractivity contribution is -0.109. The van der Waals surface area contributed by atoms with Crippen LogP contribution in [0.15, 0.2) is 18.2 Å². The fraction of sp³-hybridized carbons (Fsp3) is 0.667. The Labute approximate surface area is 122 Å². The summed E-state index contributed by atoms with van der Waals surface area (Å²) in [5.74, 6) is 0. The van der Waals surface area contributed by atoms with Gasteiger partial charge in [0, 0.05) is 23.8 Å². The molecule has 1 saturated carbocycles. The van der Waals surface area contributed by atoms with Crippen LogP contribution in [0.3, 0.4) is 0 Å². The van der Waals surface area contributed by atoms with Crippen molar-refractivity contribution in [3.63, 3.8) is 0 Å². The Kier molecular flexibility index (Phi) is 3.76. The van der Waals surface area contributed by atoms with Gasteiger partial charge in [0.05, 0.1) is 6.10 Å². The molecule has 1 N–H and O–H groups in total. The molecule has 0 amide bonds. The number of rotatable bonds is 5. The van der Waals surface area contributed by atoms with Gasteiger partial charge in [-0.2, -0.15) is 0 Å². The molecule has 2 heteroatoms. The van der Waals surface area contributed by atoms with Crippen LogP contribution in [0.25, 0.3) is 0 Å². The smallest absolute Gasteiger partial charge is 0.0667 e. The number of anilines is 1. The van der Waals surface area contributed by atoms with Crippen molar-refractivity contribution in [1.82, 2.24) is 0 Å². The summed E-state index contributed by atoms with van der Waals surface area (Å²) in [6.45, 7) is 7.56. The van der Waals surface area contributed by atoms with Gasteiger partial charge in [-0.25, -0.2) is 0 Å². The van der Waals surface area contributed by atoms with Crippen molar-refractivity contribution < 1.29 is 4.74 Å². The lowest BCUT2D eigenvalue weighted by atomic mass is 9.61. The second-order valence-corrected chi connectivity index (χ2v) is 6.57. The average Bonchev–Trinajstić information content (AvgIpc) is 2.92. The maximum Gasteiger partial charge on any atom is 0.0667 e. The van der Waals surface area contributed by atoms with Crippen LogP contribution in [0.1, 0.15) is 51.2 Å². The zero-order valence-electron chi connectivity index (χ0n) is 13.0. The van der Waals surface area contributed by atoms with Crippen LogP contribution in [-0.4, -0.2) is 18.8 Å². The van der Waals surface area contributed by atoms with Crippen LogP contribution >= 0.6 is 0 Å². The molecule has 0 aliphatic heterocycles. The predicted molar refractivity (Wildman–Crippen MR) is 84.3 cm³/mol. The third kappa shape index (κ3) is 2.24. The van der Waals surface area contributed by atoms with Gasteiger partial charge in [0.1, 0.15) is 0 Å². The first kappa shape index (κ1) is 13.9. The van der Waals surface area contributed by atoms with Gasteiger partial charge in [0.25, 0.3) is 0 Å². The number of aryl methyl sites for hydroxylation is 2. The first-order valence-electron chi connectivity index (χ1n) is 8.17. The maximum absolute atomic E-state index is 5.89. The van der Waals surface area contributed by atoms with Crippen LogP contribution in [0.2, 0.25) is 0 Å². The summed E-state index contributed by atoms with van der Waals surface area (Å²) in [5, 5.41) is 3.76. The largest absolute Gasteiger partial charge is 0.382 e. The Morgan fingerprint density at radius 1 is 1.25 bits per heavy atom. The summed E-state index contributed by atoms with van der Waals surface area (Å²) in [6.07, 6.45) is 6.56. The standard InChI is InChI=1S/C18H27NO/c1-4-18(3)16(12-17(18)20-5-2)19-15-10-9-13-7-6-8-14(13)11-15/h9-11,16-17,19H,4-8,12H2,1-3H3. The first-order chi connectivity index (χ1) is 9.67. The molecule has 0 bridgehead atoms. The van der Waals surface area contributed by atoms with E-state index >= 15 is 0 Å². The number of hydrogen-bond donors (Lipinski definition) is 1. The second kappa shape index (κ2) is 5.40. The highest BCUT2D eigenvalue weighted by atomic mass is 16.5. The zero-order chi connectivity index (χ0) is 14.2. The summed E-state index contributed by atoms with van der Waals surface area (Å²) in [5.41, 5.74) is 4.67. The summed E-state index contributed by atoms with van der Waals surface area (Å²) in [4.78, 5) is 0. The molecule has 1 fully saturated rings. The Morgan fingerprint density at radius 2 is 2.05 bits per heavy atom. The minimum atomic E-state index is 0.273. The summed E-state index contributed by atoms with van der Waals surface area (Å²) in [6, 6.07) is 7.48. The monoisotopic (exact) mass is 273 g/mol. The molecule has 0 heterocycles. The third-order valence-corrected chi connectivity index (χ3v) is 5.55. The Balaban J connectivity index is 1.69. The summed E-state index contributed by atoms with van der Waals surface area (Å²) < 4.78 is 5.89. The average molecular weight is 273 g/mol. The molecule has 1 aromatic rings. The number of fused-ring (bicyclic) bond motifs is 1. The first-order valence-corrected chi connectivity index (χ1v) is 8.17. The van der Waals surface area contributed by atoms with Crippen LogP contribution < -0.4 is 5.32 Å². The van der Waals surface area contributed by atoms with Gasteiger partial charge in [0.15, 0.2) is 0 Å². The highest BCUT2D eigenvalue weighted by Crippen LogP contribution is 2.47. The van der Waals surface area contributed by atoms with Crippen LogP contribution in [0, 0.1) is 5.41 Å². The number of ether oxygens (including phenoxy) is 1. The zero-order valence-corrected chi connectivity index (χ0v) is 13.0. The minimum Gasteiger partial charge on any atom is -0.382 e. The van der Waals surface area contributed by atoms with Gasteiger partial charge in [0.2, 0.25) is 0 Å². The topological polar surface area (TPSA) is 21.3 Å². The third-order valence-electron chi connectivity index (χ3n) is 5.55. The molecule has 20 heavy (non-hydrogen) atoms. The lowest BCUT2D eigenvalue weighted by Gasteiger charge is -2.54. The number of hydrogen-bond acceptors (Lipinski definition) is 2. The molecule has 0 saturated heterocycles. The van der Waals surface area contributed by atoms with E-state index in [1.165, 1.54) is 31.4 Å². The molecule has 1 aromatic carbocycles. The number of benzene rings is 1. The fourth-order valence-corrected chi connectivity index (χ4v) is 3.84. The Hall–Kier alpha value is -1.02. The van der Waals surface area contributed by atoms with E-state index in [4.69, 9.17) is 4.74 Å². The molecule has 0 radical (unpaired) electrons. The molecule has 3 unspecified atom stereocenters. The molecule has 2 aliphatic rings. The normalized spacial score (nSPS) is 31.8. The van der Waals surface area contributed by atoms with Crippen molar-refractivity contribution in [2.45, 2.75) is 65.0 Å². The fourth-order valence-electron chi connectivity index (χ4n) is 3.84. The van der Waals surface area contributed by atoms with E-state index in [-0.39, 0.29) is 5.41 Å². The van der Waals surface area contributed by atoms with Crippen molar-refractivity contribution in [3.8, 4) is 0 Å². The molecule has 2 aliphatic carbocycles. The van der Waals surface area contributed by atoms with E-state index in [0.29, 0.717) is 12.1 Å². The SMILES string of the molecule is CCOC1CC(Nc2ccc3c(c2)CCC3)C1(C)CC. The highest BCUT2D eigenvalue weighted by molar-refractivity contribution is 5.51. The van der Waals surface area contributed by atoms with E-state index in [2.05, 4.69) is 44.3 Å². The number of nitrogens with one attached hydrogen (secondary N) is 1. The predicted octanol–water partition coefficient (Wildman–Crippen LogP) is 4.18. The highest BCUT2D eigenvalue weighted by Gasteiger charge is 2.51. The van der Waals surface area contributed by atoms with Gasteiger partial charge >= 0.3 is 0 Å². The van der Waals surface area contributed by atoms with Crippen LogP contribution in [0.4, 0.5) is 5.69 Å². The molecule has 0 spiro atoms.